The Morgan fingerprint density at radius 3 is 1.62 bits per heavy atom. The molecule has 2 unspecified atom stereocenters. The first-order valence-electron chi connectivity index (χ1n) is 19.4. The van der Waals surface area contributed by atoms with Crippen molar-refractivity contribution < 1.29 is 38.1 Å². The Bertz CT molecular complexity index is 2270. The lowest BCUT2D eigenvalue weighted by atomic mass is 9.71. The fraction of sp³-hybridized carbons (Fsp3) is 0.364. The molecular weight excluding hydrogens is 698 g/mol. The van der Waals surface area contributed by atoms with E-state index in [0.29, 0.717) is 52.8 Å². The van der Waals surface area contributed by atoms with Crippen molar-refractivity contribution in [1.29, 1.82) is 0 Å². The van der Waals surface area contributed by atoms with Crippen LogP contribution in [-0.2, 0) is 20.4 Å². The van der Waals surface area contributed by atoms with Crippen LogP contribution >= 0.6 is 0 Å². The van der Waals surface area contributed by atoms with Gasteiger partial charge >= 0.3 is 0 Å². The first-order chi connectivity index (χ1) is 26.8. The van der Waals surface area contributed by atoms with Crippen molar-refractivity contribution >= 4 is 34.9 Å². The molecule has 0 aromatic heterocycles. The molecule has 4 aromatic rings. The van der Waals surface area contributed by atoms with Crippen LogP contribution < -0.4 is 34.1 Å². The summed E-state index contributed by atoms with van der Waals surface area (Å²) in [5.41, 5.74) is 4.40. The van der Waals surface area contributed by atoms with E-state index in [-0.39, 0.29) is 50.1 Å². The largest absolute Gasteiger partial charge is 0.454 e. The molecule has 1 aliphatic carbocycles. The maximum Gasteiger partial charge on any atom is 0.251 e. The van der Waals surface area contributed by atoms with Gasteiger partial charge in [-0.15, -0.1) is 0 Å². The summed E-state index contributed by atoms with van der Waals surface area (Å²) in [6.45, 7) is 6.18. The first kappa shape index (κ1) is 34.9. The first-order valence-corrected chi connectivity index (χ1v) is 19.4. The van der Waals surface area contributed by atoms with E-state index < -0.39 is 10.8 Å². The van der Waals surface area contributed by atoms with Crippen LogP contribution in [-0.4, -0.2) is 56.7 Å². The van der Waals surface area contributed by atoms with E-state index in [1.165, 1.54) is 0 Å². The van der Waals surface area contributed by atoms with E-state index in [0.717, 1.165) is 66.6 Å². The van der Waals surface area contributed by atoms with Gasteiger partial charge in [0.2, 0.25) is 25.4 Å². The predicted molar refractivity (Wildman–Crippen MR) is 205 cm³/mol. The number of amides is 3. The Morgan fingerprint density at radius 2 is 1.05 bits per heavy atom. The van der Waals surface area contributed by atoms with Crippen molar-refractivity contribution in [3.8, 4) is 23.0 Å². The van der Waals surface area contributed by atoms with E-state index in [1.54, 1.807) is 12.1 Å². The third-order valence-electron chi connectivity index (χ3n) is 11.9. The van der Waals surface area contributed by atoms with Crippen LogP contribution in [0.2, 0.25) is 0 Å². The second-order valence-electron chi connectivity index (χ2n) is 15.0. The van der Waals surface area contributed by atoms with Gasteiger partial charge in [0.25, 0.3) is 5.91 Å². The molecule has 0 radical (unpaired) electrons. The number of para-hydroxylation sites is 2. The number of carbonyl (C=O) groups excluding carboxylic acids is 4. The number of fused-ring (bicyclic) bond motifs is 10. The molecule has 11 nitrogen and oxygen atoms in total. The molecule has 0 fully saturated rings. The maximum absolute atomic E-state index is 13.8. The minimum Gasteiger partial charge on any atom is -0.454 e. The predicted octanol–water partition coefficient (Wildman–Crippen LogP) is 6.81. The molecular formula is C44H43N3O8. The number of nitrogens with zero attached hydrogens (tertiary/aromatic N) is 2. The number of anilines is 2. The molecule has 11 heteroatoms. The van der Waals surface area contributed by atoms with Gasteiger partial charge in [0.15, 0.2) is 28.8 Å². The molecule has 5 aliphatic heterocycles. The number of hydrogen-bond donors (Lipinski definition) is 1. The molecule has 5 heterocycles. The van der Waals surface area contributed by atoms with Gasteiger partial charge in [-0.2, -0.15) is 0 Å². The summed E-state index contributed by atoms with van der Waals surface area (Å²) in [5, 5.41) is 2.94. The SMILES string of the molecule is CCCCCN1C(=O)C2(CC(=O)c3cc4c(cc32)OCO4)c2ccccc21.CCCCCN1C(=O)C2(CNC(=O)c3cc4c(cc32)OCO4)c2ccccc21. The van der Waals surface area contributed by atoms with Gasteiger partial charge < -0.3 is 34.1 Å². The zero-order valence-corrected chi connectivity index (χ0v) is 31.1. The molecule has 2 spiro atoms. The summed E-state index contributed by atoms with van der Waals surface area (Å²) < 4.78 is 22.0. The number of rotatable bonds is 8. The van der Waals surface area contributed by atoms with Gasteiger partial charge in [-0.25, -0.2) is 0 Å². The fourth-order valence-electron chi connectivity index (χ4n) is 9.24. The van der Waals surface area contributed by atoms with Crippen molar-refractivity contribution in [1.82, 2.24) is 5.32 Å². The second-order valence-corrected chi connectivity index (χ2v) is 15.0. The van der Waals surface area contributed by atoms with Gasteiger partial charge in [-0.1, -0.05) is 75.9 Å². The maximum atomic E-state index is 13.8. The molecule has 3 amide bonds. The van der Waals surface area contributed by atoms with Crippen LogP contribution in [0.4, 0.5) is 11.4 Å². The van der Waals surface area contributed by atoms with Crippen LogP contribution in [0.3, 0.4) is 0 Å². The molecule has 1 N–H and O–H groups in total. The lowest BCUT2D eigenvalue weighted by molar-refractivity contribution is -0.122. The van der Waals surface area contributed by atoms with E-state index in [1.807, 2.05) is 70.5 Å². The van der Waals surface area contributed by atoms with Gasteiger partial charge in [-0.3, -0.25) is 19.2 Å². The van der Waals surface area contributed by atoms with E-state index in [2.05, 4.69) is 19.2 Å². The molecule has 55 heavy (non-hydrogen) atoms. The molecule has 2 atom stereocenters. The lowest BCUT2D eigenvalue weighted by Crippen LogP contribution is -2.53. The lowest BCUT2D eigenvalue weighted by Gasteiger charge is -2.35. The van der Waals surface area contributed by atoms with Crippen LogP contribution in [0, 0.1) is 0 Å². The number of carbonyl (C=O) groups is 4. The Balaban J connectivity index is 0.000000144. The number of benzene rings is 4. The highest BCUT2D eigenvalue weighted by Gasteiger charge is 2.58. The van der Waals surface area contributed by atoms with Crippen LogP contribution in [0.25, 0.3) is 0 Å². The average molecular weight is 742 g/mol. The third kappa shape index (κ3) is 5.15. The fourth-order valence-corrected chi connectivity index (χ4v) is 9.24. The summed E-state index contributed by atoms with van der Waals surface area (Å²) >= 11 is 0. The second kappa shape index (κ2) is 13.5. The average Bonchev–Trinajstić information content (AvgIpc) is 4.01. The monoisotopic (exact) mass is 741 g/mol. The number of ketones is 1. The summed E-state index contributed by atoms with van der Waals surface area (Å²) in [7, 11) is 0. The third-order valence-corrected chi connectivity index (χ3v) is 11.9. The summed E-state index contributed by atoms with van der Waals surface area (Å²) in [6.07, 6.45) is 6.42. The minimum atomic E-state index is -0.934. The Kier molecular flexibility index (Phi) is 8.55. The molecule has 4 aromatic carbocycles. The number of hydrogen-bond acceptors (Lipinski definition) is 8. The van der Waals surface area contributed by atoms with Crippen LogP contribution in [0.1, 0.15) is 102 Å². The Labute approximate surface area is 319 Å². The molecule has 0 bridgehead atoms. The van der Waals surface area contributed by atoms with Crippen molar-refractivity contribution in [3.05, 3.63) is 106 Å². The van der Waals surface area contributed by atoms with Gasteiger partial charge in [0.1, 0.15) is 10.8 Å². The Hall–Kier alpha value is -5.84. The van der Waals surface area contributed by atoms with Gasteiger partial charge in [0, 0.05) is 48.6 Å². The molecule has 10 rings (SSSR count). The summed E-state index contributed by atoms with van der Waals surface area (Å²) in [5.74, 6) is 2.15. The highest BCUT2D eigenvalue weighted by Crippen LogP contribution is 2.55. The van der Waals surface area contributed by atoms with Gasteiger partial charge in [-0.05, 0) is 71.5 Å². The summed E-state index contributed by atoms with van der Waals surface area (Å²) in [6, 6.07) is 22.9. The normalized spacial score (nSPS) is 21.8. The molecule has 0 saturated heterocycles. The molecule has 282 valence electrons. The van der Waals surface area contributed by atoms with Crippen molar-refractivity contribution in [3.63, 3.8) is 0 Å². The quantitative estimate of drug-likeness (QED) is 0.196. The number of ether oxygens (including phenoxy) is 4. The highest BCUT2D eigenvalue weighted by molar-refractivity contribution is 6.19. The van der Waals surface area contributed by atoms with Crippen molar-refractivity contribution in [2.45, 2.75) is 69.6 Å². The van der Waals surface area contributed by atoms with Crippen molar-refractivity contribution in [2.75, 3.05) is 43.0 Å². The van der Waals surface area contributed by atoms with E-state index in [9.17, 15) is 19.2 Å². The smallest absolute Gasteiger partial charge is 0.251 e. The minimum absolute atomic E-state index is 0.00534. The topological polar surface area (TPSA) is 124 Å². The van der Waals surface area contributed by atoms with Gasteiger partial charge in [0.05, 0.1) is 0 Å². The molecule has 6 aliphatic rings. The van der Waals surface area contributed by atoms with Crippen molar-refractivity contribution in [2.24, 2.45) is 0 Å². The zero-order valence-electron chi connectivity index (χ0n) is 31.1. The van der Waals surface area contributed by atoms with E-state index in [4.69, 9.17) is 18.9 Å². The standard InChI is InChI=1S/C22H22N2O4.C22H21NO4/c1-2-3-6-9-24-17-8-5-4-7-15(17)22(21(24)26)12-23-20(25)14-10-18-19(11-16(14)22)28-13-27-18;1-2-3-6-9-23-17-8-5-4-7-15(17)22(21(23)25)12-18(24)14-10-19-20(11-16(14)22)27-13-26-19/h4-5,7-8,10-11H,2-3,6,9,12-13H2,1H3,(H,23,25);4-5,7-8,10-11H,2-3,6,9,12-13H2,1H3. The highest BCUT2D eigenvalue weighted by atomic mass is 16.7. The van der Waals surface area contributed by atoms with Crippen LogP contribution in [0.5, 0.6) is 23.0 Å². The Morgan fingerprint density at radius 1 is 0.582 bits per heavy atom. The summed E-state index contributed by atoms with van der Waals surface area (Å²) in [4.78, 5) is 56.7. The molecule has 0 saturated carbocycles. The number of unbranched alkanes of at least 4 members (excludes halogenated alkanes) is 4. The van der Waals surface area contributed by atoms with Crippen LogP contribution in [0.15, 0.2) is 72.8 Å². The van der Waals surface area contributed by atoms with E-state index >= 15 is 0 Å². The number of Topliss-reactive ketones (excluding diaryl/α,β-unsaturated/α-hetero) is 1. The number of nitrogens with one attached hydrogen (secondary N) is 1. The zero-order chi connectivity index (χ0) is 37.9.